The molecule has 3 heteroatoms. The Labute approximate surface area is 114 Å². The van der Waals surface area contributed by atoms with Crippen LogP contribution in [0, 0.1) is 5.92 Å². The van der Waals surface area contributed by atoms with Crippen molar-refractivity contribution >= 4 is 0 Å². The highest BCUT2D eigenvalue weighted by Crippen LogP contribution is 2.10. The summed E-state index contributed by atoms with van der Waals surface area (Å²) in [4.78, 5) is 5.15. The fourth-order valence-corrected chi connectivity index (χ4v) is 2.80. The van der Waals surface area contributed by atoms with Gasteiger partial charge in [-0.3, -0.25) is 0 Å². The van der Waals surface area contributed by atoms with E-state index in [0.717, 1.165) is 19.0 Å². The van der Waals surface area contributed by atoms with E-state index >= 15 is 0 Å². The molecular weight excluding hydrogens is 222 g/mol. The molecule has 108 valence electrons. The lowest BCUT2D eigenvalue weighted by molar-refractivity contribution is 0.166. The van der Waals surface area contributed by atoms with Crippen LogP contribution in [0.15, 0.2) is 0 Å². The average Bonchev–Trinajstić information content (AvgIpc) is 2.84. The predicted molar refractivity (Wildman–Crippen MR) is 80.1 cm³/mol. The van der Waals surface area contributed by atoms with Crippen molar-refractivity contribution in [3.8, 4) is 0 Å². The van der Waals surface area contributed by atoms with Gasteiger partial charge in [0.15, 0.2) is 0 Å². The van der Waals surface area contributed by atoms with Gasteiger partial charge in [-0.15, -0.1) is 0 Å². The number of hydrogen-bond donors (Lipinski definition) is 1. The molecule has 0 spiro atoms. The van der Waals surface area contributed by atoms with Crippen LogP contribution in [0.2, 0.25) is 0 Å². The molecule has 0 amide bonds. The Morgan fingerprint density at radius 1 is 1.22 bits per heavy atom. The highest BCUT2D eigenvalue weighted by atomic mass is 15.2. The highest BCUT2D eigenvalue weighted by molar-refractivity contribution is 4.76. The van der Waals surface area contributed by atoms with Crippen LogP contribution in [0.25, 0.3) is 0 Å². The first-order valence-electron chi connectivity index (χ1n) is 7.78. The van der Waals surface area contributed by atoms with Crippen LogP contribution in [-0.2, 0) is 0 Å². The molecule has 1 aliphatic heterocycles. The summed E-state index contributed by atoms with van der Waals surface area (Å²) >= 11 is 0. The van der Waals surface area contributed by atoms with Crippen LogP contribution >= 0.6 is 0 Å². The lowest BCUT2D eigenvalue weighted by Gasteiger charge is -2.32. The number of likely N-dealkylation sites (N-methyl/N-ethyl adjacent to an activating group) is 1. The minimum absolute atomic E-state index is 0.666. The van der Waals surface area contributed by atoms with Gasteiger partial charge < -0.3 is 15.1 Å². The van der Waals surface area contributed by atoms with Crippen molar-refractivity contribution in [2.45, 2.75) is 46.1 Å². The van der Waals surface area contributed by atoms with E-state index in [4.69, 9.17) is 0 Å². The van der Waals surface area contributed by atoms with E-state index in [1.807, 2.05) is 0 Å². The van der Waals surface area contributed by atoms with E-state index in [2.05, 4.69) is 42.9 Å². The zero-order chi connectivity index (χ0) is 13.4. The van der Waals surface area contributed by atoms with E-state index < -0.39 is 0 Å². The third-order valence-electron chi connectivity index (χ3n) is 4.08. The van der Waals surface area contributed by atoms with Crippen molar-refractivity contribution in [3.63, 3.8) is 0 Å². The Bertz CT molecular complexity index is 200. The van der Waals surface area contributed by atoms with Gasteiger partial charge in [0.1, 0.15) is 0 Å². The van der Waals surface area contributed by atoms with Crippen LogP contribution in [0.5, 0.6) is 0 Å². The lowest BCUT2D eigenvalue weighted by atomic mass is 10.0. The Kier molecular flexibility index (Phi) is 7.87. The minimum Gasteiger partial charge on any atom is -0.315 e. The summed E-state index contributed by atoms with van der Waals surface area (Å²) in [5, 5.41) is 3.57. The van der Waals surface area contributed by atoms with Crippen LogP contribution < -0.4 is 5.32 Å². The van der Waals surface area contributed by atoms with Crippen molar-refractivity contribution in [3.05, 3.63) is 0 Å². The highest BCUT2D eigenvalue weighted by Gasteiger charge is 2.19. The Hall–Kier alpha value is -0.120. The summed E-state index contributed by atoms with van der Waals surface area (Å²) in [5.41, 5.74) is 0. The second-order valence-corrected chi connectivity index (χ2v) is 6.04. The molecule has 1 aliphatic rings. The van der Waals surface area contributed by atoms with E-state index in [-0.39, 0.29) is 0 Å². The van der Waals surface area contributed by atoms with Gasteiger partial charge in [0, 0.05) is 25.7 Å². The SMILES string of the molecule is CCCNCC(C(C)C)N(C)CCN1CCCC1. The lowest BCUT2D eigenvalue weighted by Crippen LogP contribution is -2.46. The number of nitrogens with zero attached hydrogens (tertiary/aromatic N) is 2. The van der Waals surface area contributed by atoms with Crippen LogP contribution in [-0.4, -0.2) is 62.2 Å². The van der Waals surface area contributed by atoms with E-state index in [0.29, 0.717) is 6.04 Å². The molecule has 0 bridgehead atoms. The summed E-state index contributed by atoms with van der Waals surface area (Å²) in [6.45, 7) is 14.3. The molecule has 1 N–H and O–H groups in total. The largest absolute Gasteiger partial charge is 0.315 e. The summed E-state index contributed by atoms with van der Waals surface area (Å²) in [5.74, 6) is 0.720. The molecule has 1 rings (SSSR count). The van der Waals surface area contributed by atoms with Crippen LogP contribution in [0.4, 0.5) is 0 Å². The molecule has 1 atom stereocenters. The molecular formula is C15H33N3. The third-order valence-corrected chi connectivity index (χ3v) is 4.08. The van der Waals surface area contributed by atoms with Gasteiger partial charge in [-0.1, -0.05) is 20.8 Å². The average molecular weight is 255 g/mol. The molecule has 1 heterocycles. The van der Waals surface area contributed by atoms with E-state index in [9.17, 15) is 0 Å². The predicted octanol–water partition coefficient (Wildman–Crippen LogP) is 2.04. The minimum atomic E-state index is 0.666. The Balaban J connectivity index is 2.26. The maximum Gasteiger partial charge on any atom is 0.0241 e. The van der Waals surface area contributed by atoms with Crippen LogP contribution in [0.1, 0.15) is 40.0 Å². The van der Waals surface area contributed by atoms with Crippen molar-refractivity contribution in [1.82, 2.24) is 15.1 Å². The van der Waals surface area contributed by atoms with Crippen molar-refractivity contribution in [1.29, 1.82) is 0 Å². The van der Waals surface area contributed by atoms with Gasteiger partial charge in [0.05, 0.1) is 0 Å². The number of rotatable bonds is 9. The van der Waals surface area contributed by atoms with E-state index in [1.54, 1.807) is 0 Å². The molecule has 1 fully saturated rings. The summed E-state index contributed by atoms with van der Waals surface area (Å²) in [6, 6.07) is 0.666. The van der Waals surface area contributed by atoms with Gasteiger partial charge in [-0.05, 0) is 51.9 Å². The molecule has 18 heavy (non-hydrogen) atoms. The number of likely N-dealkylation sites (tertiary alicyclic amines) is 1. The second kappa shape index (κ2) is 8.89. The van der Waals surface area contributed by atoms with Crippen molar-refractivity contribution < 1.29 is 0 Å². The fourth-order valence-electron chi connectivity index (χ4n) is 2.80. The van der Waals surface area contributed by atoms with Gasteiger partial charge >= 0.3 is 0 Å². The monoisotopic (exact) mass is 255 g/mol. The zero-order valence-corrected chi connectivity index (χ0v) is 12.9. The number of nitrogens with one attached hydrogen (secondary N) is 1. The normalized spacial score (nSPS) is 19.0. The topological polar surface area (TPSA) is 18.5 Å². The second-order valence-electron chi connectivity index (χ2n) is 6.04. The van der Waals surface area contributed by atoms with Gasteiger partial charge in [0.25, 0.3) is 0 Å². The molecule has 0 radical (unpaired) electrons. The first-order chi connectivity index (χ1) is 8.65. The van der Waals surface area contributed by atoms with Gasteiger partial charge in [-0.2, -0.15) is 0 Å². The van der Waals surface area contributed by atoms with E-state index in [1.165, 1.54) is 45.4 Å². The molecule has 0 aliphatic carbocycles. The zero-order valence-electron chi connectivity index (χ0n) is 12.9. The third kappa shape index (κ3) is 5.68. The first-order valence-corrected chi connectivity index (χ1v) is 7.78. The molecule has 1 unspecified atom stereocenters. The van der Waals surface area contributed by atoms with Gasteiger partial charge in [0.2, 0.25) is 0 Å². The molecule has 1 saturated heterocycles. The first kappa shape index (κ1) is 15.9. The molecule has 0 aromatic carbocycles. The quantitative estimate of drug-likeness (QED) is 0.636. The maximum absolute atomic E-state index is 3.57. The summed E-state index contributed by atoms with van der Waals surface area (Å²) in [6.07, 6.45) is 4.02. The van der Waals surface area contributed by atoms with Crippen LogP contribution in [0.3, 0.4) is 0 Å². The Morgan fingerprint density at radius 3 is 2.44 bits per heavy atom. The molecule has 0 saturated carbocycles. The molecule has 0 aromatic rings. The summed E-state index contributed by atoms with van der Waals surface area (Å²) < 4.78 is 0. The fraction of sp³-hybridized carbons (Fsp3) is 1.00. The van der Waals surface area contributed by atoms with Gasteiger partial charge in [-0.25, -0.2) is 0 Å². The standard InChI is InChI=1S/C15H33N3/c1-5-8-16-13-15(14(2)3)17(4)11-12-18-9-6-7-10-18/h14-16H,5-13H2,1-4H3. The molecule has 0 aromatic heterocycles. The summed E-state index contributed by atoms with van der Waals surface area (Å²) in [7, 11) is 2.29. The maximum atomic E-state index is 3.57. The van der Waals surface area contributed by atoms with Crippen molar-refractivity contribution in [2.24, 2.45) is 5.92 Å². The smallest absolute Gasteiger partial charge is 0.0241 e. The Morgan fingerprint density at radius 2 is 1.89 bits per heavy atom. The van der Waals surface area contributed by atoms with Crippen molar-refractivity contribution in [2.75, 3.05) is 46.3 Å². The number of hydrogen-bond acceptors (Lipinski definition) is 3. The molecule has 3 nitrogen and oxygen atoms in total.